The van der Waals surface area contributed by atoms with Crippen LogP contribution < -0.4 is 0 Å². The maximum Gasteiger partial charge on any atom is 0.358 e. The lowest BCUT2D eigenvalue weighted by atomic mass is 10.5. The van der Waals surface area contributed by atoms with Crippen LogP contribution in [0.3, 0.4) is 0 Å². The number of imidazole rings is 1. The molecule has 15 heavy (non-hydrogen) atoms. The van der Waals surface area contributed by atoms with Crippen LogP contribution in [0.2, 0.25) is 5.15 Å². The van der Waals surface area contributed by atoms with Crippen LogP contribution in [0.15, 0.2) is 18.6 Å². The fourth-order valence-electron chi connectivity index (χ4n) is 1.19. The van der Waals surface area contributed by atoms with Crippen molar-refractivity contribution in [2.45, 2.75) is 6.92 Å². The molecule has 0 amide bonds. The van der Waals surface area contributed by atoms with Crippen molar-refractivity contribution >= 4 is 23.2 Å². The molecule has 0 radical (unpaired) electrons. The van der Waals surface area contributed by atoms with E-state index in [2.05, 4.69) is 9.97 Å². The Morgan fingerprint density at radius 3 is 3.13 bits per heavy atom. The van der Waals surface area contributed by atoms with Gasteiger partial charge in [-0.2, -0.15) is 0 Å². The minimum Gasteiger partial charge on any atom is -0.461 e. The molecule has 0 spiro atoms. The molecule has 0 fully saturated rings. The van der Waals surface area contributed by atoms with Crippen molar-refractivity contribution in [3.63, 3.8) is 0 Å². The molecule has 2 rings (SSSR count). The monoisotopic (exact) mass is 225 g/mol. The van der Waals surface area contributed by atoms with Crippen LogP contribution in [0.4, 0.5) is 0 Å². The minimum atomic E-state index is -0.461. The molecule has 2 aromatic rings. The highest BCUT2D eigenvalue weighted by Crippen LogP contribution is 2.13. The molecular formula is C9H8ClN3O2. The van der Waals surface area contributed by atoms with Crippen molar-refractivity contribution in [2.24, 2.45) is 0 Å². The number of fused-ring (bicyclic) bond motifs is 1. The van der Waals surface area contributed by atoms with E-state index in [0.29, 0.717) is 12.3 Å². The van der Waals surface area contributed by atoms with Crippen LogP contribution in [0.1, 0.15) is 17.4 Å². The average molecular weight is 226 g/mol. The maximum absolute atomic E-state index is 11.4. The summed E-state index contributed by atoms with van der Waals surface area (Å²) in [6, 6.07) is 0. The Kier molecular flexibility index (Phi) is 2.55. The molecule has 5 nitrogen and oxygen atoms in total. The molecule has 0 bridgehead atoms. The van der Waals surface area contributed by atoms with Crippen molar-refractivity contribution in [1.29, 1.82) is 0 Å². The third-order valence-electron chi connectivity index (χ3n) is 1.82. The molecule has 78 valence electrons. The summed E-state index contributed by atoms with van der Waals surface area (Å²) in [7, 11) is 0. The van der Waals surface area contributed by atoms with Crippen LogP contribution in [0, 0.1) is 0 Å². The molecule has 0 saturated carbocycles. The van der Waals surface area contributed by atoms with E-state index in [1.54, 1.807) is 23.7 Å². The third-order valence-corrected chi connectivity index (χ3v) is 2.08. The fraction of sp³-hybridized carbons (Fsp3) is 0.222. The zero-order valence-corrected chi connectivity index (χ0v) is 8.73. The lowest BCUT2D eigenvalue weighted by Gasteiger charge is -1.95. The predicted molar refractivity (Wildman–Crippen MR) is 54.0 cm³/mol. The van der Waals surface area contributed by atoms with Crippen molar-refractivity contribution in [1.82, 2.24) is 14.4 Å². The van der Waals surface area contributed by atoms with E-state index in [0.717, 1.165) is 0 Å². The summed E-state index contributed by atoms with van der Waals surface area (Å²) in [5.41, 5.74) is 0.675. The van der Waals surface area contributed by atoms with Gasteiger partial charge in [-0.3, -0.25) is 0 Å². The molecule has 0 saturated heterocycles. The molecule has 2 heterocycles. The number of nitrogens with zero attached hydrogens (tertiary/aromatic N) is 3. The topological polar surface area (TPSA) is 56.5 Å². The number of ether oxygens (including phenoxy) is 1. The summed E-state index contributed by atoms with van der Waals surface area (Å²) >= 11 is 5.81. The van der Waals surface area contributed by atoms with E-state index in [-0.39, 0.29) is 10.8 Å². The number of hydrogen-bond donors (Lipinski definition) is 0. The second kappa shape index (κ2) is 3.86. The Morgan fingerprint density at radius 2 is 2.47 bits per heavy atom. The number of esters is 1. The first-order chi connectivity index (χ1) is 7.22. The Bertz CT molecular complexity index is 509. The van der Waals surface area contributed by atoms with E-state index in [1.807, 2.05) is 0 Å². The fourth-order valence-corrected chi connectivity index (χ4v) is 1.39. The Labute approximate surface area is 90.7 Å². The third kappa shape index (κ3) is 1.78. The Balaban J connectivity index is 2.47. The van der Waals surface area contributed by atoms with Gasteiger partial charge in [-0.05, 0) is 6.92 Å². The largest absolute Gasteiger partial charge is 0.461 e. The lowest BCUT2D eigenvalue weighted by molar-refractivity contribution is 0.0520. The predicted octanol–water partition coefficient (Wildman–Crippen LogP) is 1.56. The molecule has 2 aromatic heterocycles. The van der Waals surface area contributed by atoms with Crippen molar-refractivity contribution in [2.75, 3.05) is 6.61 Å². The first-order valence-corrected chi connectivity index (χ1v) is 4.76. The van der Waals surface area contributed by atoms with Gasteiger partial charge in [0.15, 0.2) is 16.5 Å². The van der Waals surface area contributed by atoms with E-state index < -0.39 is 5.97 Å². The molecule has 0 aliphatic rings. The number of rotatable bonds is 2. The van der Waals surface area contributed by atoms with Crippen molar-refractivity contribution in [3.8, 4) is 0 Å². The van der Waals surface area contributed by atoms with E-state index in [1.165, 1.54) is 6.20 Å². The molecule has 0 N–H and O–H groups in total. The van der Waals surface area contributed by atoms with Gasteiger partial charge in [0.05, 0.1) is 6.61 Å². The second-order valence-corrected chi connectivity index (χ2v) is 3.15. The number of hydrogen-bond acceptors (Lipinski definition) is 4. The summed E-state index contributed by atoms with van der Waals surface area (Å²) in [5, 5.41) is 0.257. The van der Waals surface area contributed by atoms with Crippen molar-refractivity contribution in [3.05, 3.63) is 29.4 Å². The second-order valence-electron chi connectivity index (χ2n) is 2.80. The Hall–Kier alpha value is -1.62. The van der Waals surface area contributed by atoms with Gasteiger partial charge in [-0.1, -0.05) is 11.6 Å². The van der Waals surface area contributed by atoms with Crippen molar-refractivity contribution < 1.29 is 9.53 Å². The van der Waals surface area contributed by atoms with Crippen LogP contribution in [0.25, 0.3) is 5.65 Å². The van der Waals surface area contributed by atoms with Crippen LogP contribution >= 0.6 is 11.6 Å². The van der Waals surface area contributed by atoms with Gasteiger partial charge in [-0.15, -0.1) is 0 Å². The minimum absolute atomic E-state index is 0.228. The molecule has 0 aliphatic carbocycles. The molecule has 0 aliphatic heterocycles. The highest BCUT2D eigenvalue weighted by Gasteiger charge is 2.13. The van der Waals surface area contributed by atoms with Crippen LogP contribution in [0.5, 0.6) is 0 Å². The summed E-state index contributed by atoms with van der Waals surface area (Å²) in [4.78, 5) is 19.2. The summed E-state index contributed by atoms with van der Waals surface area (Å²) < 4.78 is 6.45. The molecule has 0 aromatic carbocycles. The first-order valence-electron chi connectivity index (χ1n) is 4.38. The molecule has 0 unspecified atom stereocenters. The number of carbonyl (C=O) groups is 1. The zero-order valence-electron chi connectivity index (χ0n) is 7.98. The van der Waals surface area contributed by atoms with Gasteiger partial charge in [0.2, 0.25) is 0 Å². The maximum atomic E-state index is 11.4. The quantitative estimate of drug-likeness (QED) is 0.728. The van der Waals surface area contributed by atoms with E-state index >= 15 is 0 Å². The smallest absolute Gasteiger partial charge is 0.358 e. The zero-order chi connectivity index (χ0) is 10.8. The highest BCUT2D eigenvalue weighted by atomic mass is 35.5. The summed E-state index contributed by atoms with van der Waals surface area (Å²) in [6.07, 6.45) is 4.75. The van der Waals surface area contributed by atoms with Gasteiger partial charge in [0, 0.05) is 18.6 Å². The standard InChI is InChI=1S/C9H8ClN3O2/c1-2-15-9(14)6-5-13-4-3-11-7(10)8(13)12-6/h3-5H,2H2,1H3. The average Bonchev–Trinajstić information content (AvgIpc) is 2.63. The van der Waals surface area contributed by atoms with Gasteiger partial charge in [0.1, 0.15) is 0 Å². The van der Waals surface area contributed by atoms with Crippen LogP contribution in [-0.4, -0.2) is 26.9 Å². The Morgan fingerprint density at radius 1 is 1.67 bits per heavy atom. The highest BCUT2D eigenvalue weighted by molar-refractivity contribution is 6.32. The normalized spacial score (nSPS) is 10.5. The summed E-state index contributed by atoms with van der Waals surface area (Å²) in [5.74, 6) is -0.461. The lowest BCUT2D eigenvalue weighted by Crippen LogP contribution is -2.04. The van der Waals surface area contributed by atoms with Gasteiger partial charge in [-0.25, -0.2) is 14.8 Å². The molecular weight excluding hydrogens is 218 g/mol. The molecule has 0 atom stereocenters. The van der Waals surface area contributed by atoms with E-state index in [9.17, 15) is 4.79 Å². The number of carbonyl (C=O) groups excluding carboxylic acids is 1. The van der Waals surface area contributed by atoms with E-state index in [4.69, 9.17) is 16.3 Å². The summed E-state index contributed by atoms with van der Waals surface area (Å²) in [6.45, 7) is 2.06. The van der Waals surface area contributed by atoms with Gasteiger partial charge < -0.3 is 9.14 Å². The SMILES string of the molecule is CCOC(=O)c1cn2ccnc(Cl)c2n1. The van der Waals surface area contributed by atoms with Crippen LogP contribution in [-0.2, 0) is 4.74 Å². The number of halogens is 1. The molecule has 6 heteroatoms. The van der Waals surface area contributed by atoms with Gasteiger partial charge in [0.25, 0.3) is 0 Å². The number of aromatic nitrogens is 3. The first kappa shape index (κ1) is 9.92. The van der Waals surface area contributed by atoms with Gasteiger partial charge >= 0.3 is 5.97 Å².